The van der Waals surface area contributed by atoms with E-state index < -0.39 is 0 Å². The molecule has 0 aromatic carbocycles. The van der Waals surface area contributed by atoms with Crippen LogP contribution in [0.5, 0.6) is 0 Å². The predicted octanol–water partition coefficient (Wildman–Crippen LogP) is 3.17. The molecule has 2 aliphatic rings. The number of piperidine rings is 1. The van der Waals surface area contributed by atoms with E-state index in [1.54, 1.807) is 11.8 Å². The molecule has 2 aromatic heterocycles. The summed E-state index contributed by atoms with van der Waals surface area (Å²) >= 11 is 1.72. The average molecular weight is 444 g/mol. The molecule has 4 rings (SSSR count). The number of morpholine rings is 1. The van der Waals surface area contributed by atoms with Gasteiger partial charge in [0.2, 0.25) is 0 Å². The molecular formula is C23H33N5O2S. The number of nitrogens with zero attached hydrogens (tertiary/aromatic N) is 4. The Morgan fingerprint density at radius 3 is 2.77 bits per heavy atom. The minimum atomic E-state index is 0.0992. The highest BCUT2D eigenvalue weighted by Gasteiger charge is 2.29. The number of aryl methyl sites for hydroxylation is 3. The maximum atomic E-state index is 13.1. The van der Waals surface area contributed by atoms with Crippen LogP contribution < -0.4 is 0 Å². The molecule has 2 aromatic rings. The van der Waals surface area contributed by atoms with Gasteiger partial charge in [-0.2, -0.15) is 0 Å². The summed E-state index contributed by atoms with van der Waals surface area (Å²) in [5.41, 5.74) is 4.97. The van der Waals surface area contributed by atoms with Gasteiger partial charge in [-0.1, -0.05) is 11.8 Å². The number of carbonyl (C=O) groups excluding carboxylic acids is 1. The average Bonchev–Trinajstić information content (AvgIpc) is 3.13. The first-order chi connectivity index (χ1) is 15.0. The van der Waals surface area contributed by atoms with Crippen LogP contribution in [0.3, 0.4) is 0 Å². The number of nitrogens with one attached hydrogen (secondary N) is 1. The molecule has 168 valence electrons. The fourth-order valence-electron chi connectivity index (χ4n) is 4.51. The third-order valence-corrected chi connectivity index (χ3v) is 7.03. The summed E-state index contributed by atoms with van der Waals surface area (Å²) < 4.78 is 5.42. The molecule has 1 amide bonds. The number of ether oxygens (including phenoxy) is 1. The highest BCUT2D eigenvalue weighted by molar-refractivity contribution is 7.99. The zero-order valence-electron chi connectivity index (χ0n) is 18.8. The van der Waals surface area contributed by atoms with Crippen molar-refractivity contribution in [3.8, 4) is 0 Å². The van der Waals surface area contributed by atoms with Crippen LogP contribution in [-0.2, 0) is 4.74 Å². The van der Waals surface area contributed by atoms with Crippen LogP contribution in [0, 0.1) is 20.8 Å². The Kier molecular flexibility index (Phi) is 7.30. The second-order valence-electron chi connectivity index (χ2n) is 8.62. The molecule has 1 atom stereocenters. The number of hydrogen-bond acceptors (Lipinski definition) is 6. The van der Waals surface area contributed by atoms with Gasteiger partial charge in [-0.25, -0.2) is 9.97 Å². The molecule has 1 unspecified atom stereocenters. The van der Waals surface area contributed by atoms with Gasteiger partial charge < -0.3 is 14.6 Å². The van der Waals surface area contributed by atoms with Gasteiger partial charge in [0.25, 0.3) is 5.91 Å². The first-order valence-electron chi connectivity index (χ1n) is 11.2. The van der Waals surface area contributed by atoms with Gasteiger partial charge in [-0.15, -0.1) is 0 Å². The smallest absolute Gasteiger partial charge is 0.270 e. The van der Waals surface area contributed by atoms with Gasteiger partial charge in [0, 0.05) is 56.3 Å². The molecule has 2 saturated heterocycles. The van der Waals surface area contributed by atoms with Crippen LogP contribution in [0.25, 0.3) is 0 Å². The van der Waals surface area contributed by atoms with Gasteiger partial charge in [0.1, 0.15) is 5.69 Å². The van der Waals surface area contributed by atoms with Crippen LogP contribution in [0.15, 0.2) is 17.4 Å². The lowest BCUT2D eigenvalue weighted by Gasteiger charge is -2.33. The van der Waals surface area contributed by atoms with E-state index in [2.05, 4.69) is 21.8 Å². The van der Waals surface area contributed by atoms with E-state index in [4.69, 9.17) is 9.72 Å². The molecule has 7 nitrogen and oxygen atoms in total. The molecule has 0 spiro atoms. The van der Waals surface area contributed by atoms with Crippen molar-refractivity contribution in [3.63, 3.8) is 0 Å². The van der Waals surface area contributed by atoms with E-state index in [-0.39, 0.29) is 11.8 Å². The SMILES string of the molecule is Cc1cc(C)c(C(=O)N2CCCC(c3nc(SCCN4CCOCC4)ncc3C)C2)[nH]1. The van der Waals surface area contributed by atoms with Crippen molar-refractivity contribution in [2.24, 2.45) is 0 Å². The number of likely N-dealkylation sites (tertiary alicyclic amines) is 1. The topological polar surface area (TPSA) is 74.3 Å². The van der Waals surface area contributed by atoms with Gasteiger partial charge in [-0.05, 0) is 50.8 Å². The second-order valence-corrected chi connectivity index (χ2v) is 9.69. The minimum absolute atomic E-state index is 0.0992. The normalized spacial score (nSPS) is 20.2. The Balaban J connectivity index is 1.40. The lowest BCUT2D eigenvalue weighted by Crippen LogP contribution is -2.40. The molecule has 0 aliphatic carbocycles. The maximum absolute atomic E-state index is 13.1. The standard InChI is InChI=1S/C23H33N5O2S/c1-16-13-18(3)25-21(16)22(29)28-6-4-5-19(15-28)20-17(2)14-24-23(26-20)31-12-9-27-7-10-30-11-8-27/h13-14,19,25H,4-12,15H2,1-3H3. The summed E-state index contributed by atoms with van der Waals surface area (Å²) in [6, 6.07) is 2.03. The van der Waals surface area contributed by atoms with Crippen molar-refractivity contribution in [3.05, 3.63) is 40.5 Å². The molecular weight excluding hydrogens is 410 g/mol. The minimum Gasteiger partial charge on any atom is -0.379 e. The van der Waals surface area contributed by atoms with Gasteiger partial charge in [0.05, 0.1) is 18.9 Å². The third kappa shape index (κ3) is 5.48. The number of aromatic amines is 1. The first-order valence-corrected chi connectivity index (χ1v) is 12.2. The lowest BCUT2D eigenvalue weighted by atomic mass is 9.92. The first kappa shape index (κ1) is 22.3. The van der Waals surface area contributed by atoms with Crippen molar-refractivity contribution in [1.29, 1.82) is 0 Å². The van der Waals surface area contributed by atoms with Crippen molar-refractivity contribution < 1.29 is 9.53 Å². The fourth-order valence-corrected chi connectivity index (χ4v) is 5.33. The highest BCUT2D eigenvalue weighted by atomic mass is 32.2. The Bertz CT molecular complexity index is 909. The van der Waals surface area contributed by atoms with Crippen molar-refractivity contribution in [2.75, 3.05) is 51.7 Å². The number of amides is 1. The van der Waals surface area contributed by atoms with Crippen molar-refractivity contribution in [1.82, 2.24) is 24.8 Å². The molecule has 4 heterocycles. The largest absolute Gasteiger partial charge is 0.379 e. The van der Waals surface area contributed by atoms with Crippen LogP contribution in [0.4, 0.5) is 0 Å². The van der Waals surface area contributed by atoms with Crippen molar-refractivity contribution >= 4 is 17.7 Å². The van der Waals surface area contributed by atoms with E-state index in [1.165, 1.54) is 0 Å². The van der Waals surface area contributed by atoms with E-state index in [9.17, 15) is 4.79 Å². The number of rotatable bonds is 6. The quantitative estimate of drug-likeness (QED) is 0.546. The highest BCUT2D eigenvalue weighted by Crippen LogP contribution is 2.30. The Labute approximate surface area is 189 Å². The maximum Gasteiger partial charge on any atom is 0.270 e. The number of aromatic nitrogens is 3. The third-order valence-electron chi connectivity index (χ3n) is 6.19. The molecule has 8 heteroatoms. The van der Waals surface area contributed by atoms with Crippen LogP contribution in [0.1, 0.15) is 51.8 Å². The summed E-state index contributed by atoms with van der Waals surface area (Å²) in [6.07, 6.45) is 4.00. The number of H-pyrrole nitrogens is 1. The molecule has 0 saturated carbocycles. The Hall–Kier alpha value is -1.90. The Morgan fingerprint density at radius 1 is 1.23 bits per heavy atom. The van der Waals surface area contributed by atoms with Gasteiger partial charge in [0.15, 0.2) is 5.16 Å². The number of hydrogen-bond donors (Lipinski definition) is 1. The number of carbonyl (C=O) groups is 1. The number of thioether (sulfide) groups is 1. The molecule has 0 bridgehead atoms. The molecule has 0 radical (unpaired) electrons. The predicted molar refractivity (Wildman–Crippen MR) is 123 cm³/mol. The molecule has 31 heavy (non-hydrogen) atoms. The Morgan fingerprint density at radius 2 is 2.03 bits per heavy atom. The summed E-state index contributed by atoms with van der Waals surface area (Å²) in [7, 11) is 0. The van der Waals surface area contributed by atoms with Gasteiger partial charge >= 0.3 is 0 Å². The molecule has 2 aliphatic heterocycles. The van der Waals surface area contributed by atoms with E-state index in [0.717, 1.165) is 91.4 Å². The van der Waals surface area contributed by atoms with Crippen LogP contribution in [0.2, 0.25) is 0 Å². The second kappa shape index (κ2) is 10.1. The van der Waals surface area contributed by atoms with Crippen molar-refractivity contribution in [2.45, 2.75) is 44.7 Å². The zero-order valence-corrected chi connectivity index (χ0v) is 19.6. The molecule has 1 N–H and O–H groups in total. The lowest BCUT2D eigenvalue weighted by molar-refractivity contribution is 0.0410. The monoisotopic (exact) mass is 443 g/mol. The van der Waals surface area contributed by atoms with E-state index in [0.29, 0.717) is 6.54 Å². The van der Waals surface area contributed by atoms with Crippen LogP contribution in [-0.4, -0.2) is 82.3 Å². The van der Waals surface area contributed by atoms with E-state index >= 15 is 0 Å². The zero-order chi connectivity index (χ0) is 21.8. The summed E-state index contributed by atoms with van der Waals surface area (Å²) in [5, 5.41) is 0.841. The summed E-state index contributed by atoms with van der Waals surface area (Å²) in [6.45, 7) is 12.3. The summed E-state index contributed by atoms with van der Waals surface area (Å²) in [5.74, 6) is 1.33. The summed E-state index contributed by atoms with van der Waals surface area (Å²) in [4.78, 5) is 30.2. The van der Waals surface area contributed by atoms with Gasteiger partial charge in [-0.3, -0.25) is 9.69 Å². The molecule has 2 fully saturated rings. The fraction of sp³-hybridized carbons (Fsp3) is 0.609. The van der Waals surface area contributed by atoms with E-state index in [1.807, 2.05) is 31.0 Å². The van der Waals surface area contributed by atoms with Crippen LogP contribution >= 0.6 is 11.8 Å².